The van der Waals surface area contributed by atoms with Crippen LogP contribution in [0.5, 0.6) is 5.75 Å². The molecule has 0 atom stereocenters. The summed E-state index contributed by atoms with van der Waals surface area (Å²) in [7, 11) is -1.58. The fraction of sp³-hybridized carbons (Fsp3) is 0.188. The van der Waals surface area contributed by atoms with Crippen molar-refractivity contribution >= 4 is 45.5 Å². The number of nitrogens with two attached hydrogens (primary N) is 1. The third kappa shape index (κ3) is 6.00. The first-order valence-electron chi connectivity index (χ1n) is 6.88. The number of sulfone groups is 1. The van der Waals surface area contributed by atoms with Crippen molar-refractivity contribution in [2.45, 2.75) is 11.4 Å². The predicted octanol–water partition coefficient (Wildman–Crippen LogP) is 2.64. The van der Waals surface area contributed by atoms with Gasteiger partial charge >= 0.3 is 0 Å². The molecule has 0 unspecified atom stereocenters. The van der Waals surface area contributed by atoms with Crippen molar-refractivity contribution in [3.05, 3.63) is 54.1 Å². The molecule has 0 aliphatic heterocycles. The summed E-state index contributed by atoms with van der Waals surface area (Å²) in [5.74, 6) is 1.04. The van der Waals surface area contributed by atoms with Gasteiger partial charge in [-0.2, -0.15) is 0 Å². The smallest absolute Gasteiger partial charge is 0.193 e. The highest BCUT2D eigenvalue weighted by atomic mass is 127. The second kappa shape index (κ2) is 8.88. The van der Waals surface area contributed by atoms with Crippen molar-refractivity contribution in [3.8, 4) is 5.75 Å². The van der Waals surface area contributed by atoms with E-state index < -0.39 is 9.84 Å². The number of hydrogen-bond donors (Lipinski definition) is 2. The van der Waals surface area contributed by atoms with Crippen LogP contribution in [0.1, 0.15) is 5.56 Å². The Morgan fingerprint density at radius 2 is 1.71 bits per heavy atom. The Kier molecular flexibility index (Phi) is 7.49. The molecular weight excluding hydrogens is 441 g/mol. The number of nitrogens with one attached hydrogen (secondary N) is 1. The molecule has 130 valence electrons. The van der Waals surface area contributed by atoms with E-state index in [2.05, 4.69) is 10.3 Å². The van der Waals surface area contributed by atoms with E-state index in [1.807, 2.05) is 24.3 Å². The summed E-state index contributed by atoms with van der Waals surface area (Å²) < 4.78 is 27.9. The first-order chi connectivity index (χ1) is 10.9. The zero-order chi connectivity index (χ0) is 16.9. The molecule has 0 fully saturated rings. The number of nitrogens with zero attached hydrogens (tertiary/aromatic N) is 1. The van der Waals surface area contributed by atoms with E-state index in [-0.39, 0.29) is 34.8 Å². The third-order valence-corrected chi connectivity index (χ3v) is 4.27. The number of benzene rings is 2. The second-order valence-electron chi connectivity index (χ2n) is 4.97. The fourth-order valence-electron chi connectivity index (χ4n) is 1.88. The van der Waals surface area contributed by atoms with Gasteiger partial charge in [-0.05, 0) is 42.0 Å². The van der Waals surface area contributed by atoms with Crippen LogP contribution >= 0.6 is 24.0 Å². The number of halogens is 1. The Labute approximate surface area is 159 Å². The molecule has 2 aromatic carbocycles. The monoisotopic (exact) mass is 461 g/mol. The van der Waals surface area contributed by atoms with Crippen molar-refractivity contribution in [3.63, 3.8) is 0 Å². The van der Waals surface area contributed by atoms with Gasteiger partial charge in [-0.25, -0.2) is 13.4 Å². The second-order valence-corrected chi connectivity index (χ2v) is 6.99. The maximum Gasteiger partial charge on any atom is 0.193 e. The normalized spacial score (nSPS) is 11.5. The van der Waals surface area contributed by atoms with Crippen LogP contribution in [-0.4, -0.2) is 27.7 Å². The van der Waals surface area contributed by atoms with Gasteiger partial charge in [0.2, 0.25) is 0 Å². The van der Waals surface area contributed by atoms with Gasteiger partial charge in [-0.1, -0.05) is 12.1 Å². The van der Waals surface area contributed by atoms with Crippen molar-refractivity contribution in [1.82, 2.24) is 0 Å². The lowest BCUT2D eigenvalue weighted by Gasteiger charge is -2.07. The van der Waals surface area contributed by atoms with Gasteiger partial charge in [0.25, 0.3) is 0 Å². The first kappa shape index (κ1) is 20.2. The molecule has 0 aliphatic rings. The summed E-state index contributed by atoms with van der Waals surface area (Å²) in [6, 6.07) is 13.9. The number of aliphatic imine (C=N–C) groups is 1. The van der Waals surface area contributed by atoms with Crippen LogP contribution in [-0.2, 0) is 16.4 Å². The zero-order valence-corrected chi connectivity index (χ0v) is 16.5. The van der Waals surface area contributed by atoms with E-state index in [9.17, 15) is 8.42 Å². The van der Waals surface area contributed by atoms with E-state index in [4.69, 9.17) is 10.5 Å². The van der Waals surface area contributed by atoms with Crippen LogP contribution in [0, 0.1) is 0 Å². The van der Waals surface area contributed by atoms with Gasteiger partial charge in [0, 0.05) is 11.9 Å². The molecule has 0 spiro atoms. The summed E-state index contributed by atoms with van der Waals surface area (Å²) >= 11 is 0. The Hall–Kier alpha value is -1.81. The topological polar surface area (TPSA) is 93.8 Å². The van der Waals surface area contributed by atoms with Crippen LogP contribution in [0.3, 0.4) is 0 Å². The predicted molar refractivity (Wildman–Crippen MR) is 107 cm³/mol. The van der Waals surface area contributed by atoms with Crippen LogP contribution < -0.4 is 15.8 Å². The maximum atomic E-state index is 11.4. The zero-order valence-electron chi connectivity index (χ0n) is 13.4. The maximum absolute atomic E-state index is 11.4. The molecule has 8 heteroatoms. The molecule has 2 rings (SSSR count). The van der Waals surface area contributed by atoms with Crippen molar-refractivity contribution in [2.75, 3.05) is 18.7 Å². The average Bonchev–Trinajstić information content (AvgIpc) is 2.53. The van der Waals surface area contributed by atoms with Gasteiger partial charge in [-0.3, -0.25) is 0 Å². The minimum absolute atomic E-state index is 0. The highest BCUT2D eigenvalue weighted by Gasteiger charge is 2.05. The third-order valence-electron chi connectivity index (χ3n) is 3.15. The van der Waals surface area contributed by atoms with Gasteiger partial charge in [0.1, 0.15) is 5.75 Å². The molecule has 0 radical (unpaired) electrons. The standard InChI is InChI=1S/C16H19N3O3S.HI/c1-22-14-7-5-13(6-8-14)19-16(17)18-11-12-3-9-15(10-4-12)23(2,20)21;/h3-10H,11H2,1-2H3,(H3,17,18,19);1H. The number of guanidine groups is 1. The van der Waals surface area contributed by atoms with Gasteiger partial charge in [-0.15, -0.1) is 24.0 Å². The first-order valence-corrected chi connectivity index (χ1v) is 8.77. The number of anilines is 1. The summed E-state index contributed by atoms with van der Waals surface area (Å²) in [4.78, 5) is 4.51. The van der Waals surface area contributed by atoms with Crippen molar-refractivity contribution in [1.29, 1.82) is 0 Å². The lowest BCUT2D eigenvalue weighted by molar-refractivity contribution is 0.415. The lowest BCUT2D eigenvalue weighted by atomic mass is 10.2. The Morgan fingerprint density at radius 1 is 1.12 bits per heavy atom. The van der Waals surface area contributed by atoms with Gasteiger partial charge in [0.05, 0.1) is 18.6 Å². The highest BCUT2D eigenvalue weighted by Crippen LogP contribution is 2.15. The van der Waals surface area contributed by atoms with Crippen LogP contribution in [0.15, 0.2) is 58.4 Å². The fourth-order valence-corrected chi connectivity index (χ4v) is 2.51. The molecule has 0 bridgehead atoms. The van der Waals surface area contributed by atoms with E-state index in [1.54, 1.807) is 31.4 Å². The largest absolute Gasteiger partial charge is 0.497 e. The minimum atomic E-state index is -3.18. The molecule has 2 aromatic rings. The number of methoxy groups -OCH3 is 1. The molecule has 0 saturated heterocycles. The van der Waals surface area contributed by atoms with Gasteiger partial charge in [0.15, 0.2) is 15.8 Å². The van der Waals surface area contributed by atoms with Crippen molar-refractivity contribution < 1.29 is 13.2 Å². The Morgan fingerprint density at radius 3 is 2.21 bits per heavy atom. The quantitative estimate of drug-likeness (QED) is 0.406. The SMILES string of the molecule is COc1ccc(NC(N)=NCc2ccc(S(C)(=O)=O)cc2)cc1.I. The lowest BCUT2D eigenvalue weighted by Crippen LogP contribution is -2.22. The van der Waals surface area contributed by atoms with E-state index in [1.165, 1.54) is 6.26 Å². The molecular formula is C16H20IN3O3S. The van der Waals surface area contributed by atoms with Crippen molar-refractivity contribution in [2.24, 2.45) is 10.7 Å². The van der Waals surface area contributed by atoms with Crippen LogP contribution in [0.25, 0.3) is 0 Å². The van der Waals surface area contributed by atoms with Crippen LogP contribution in [0.2, 0.25) is 0 Å². The van der Waals surface area contributed by atoms with Gasteiger partial charge < -0.3 is 15.8 Å². The Bertz CT molecular complexity index is 788. The molecule has 0 aromatic heterocycles. The molecule has 0 heterocycles. The number of ether oxygens (including phenoxy) is 1. The highest BCUT2D eigenvalue weighted by molar-refractivity contribution is 14.0. The molecule has 3 N–H and O–H groups in total. The van der Waals surface area contributed by atoms with E-state index in [0.717, 1.165) is 17.0 Å². The number of rotatable bonds is 5. The minimum Gasteiger partial charge on any atom is -0.497 e. The molecule has 0 saturated carbocycles. The Balaban J connectivity index is 0.00000288. The van der Waals surface area contributed by atoms with Crippen LogP contribution in [0.4, 0.5) is 5.69 Å². The van der Waals surface area contributed by atoms with E-state index >= 15 is 0 Å². The number of hydrogen-bond acceptors (Lipinski definition) is 4. The summed E-state index contributed by atoms with van der Waals surface area (Å²) in [5.41, 5.74) is 7.51. The van der Waals surface area contributed by atoms with E-state index in [0.29, 0.717) is 6.54 Å². The molecule has 0 aliphatic carbocycles. The summed E-state index contributed by atoms with van der Waals surface area (Å²) in [5, 5.41) is 2.98. The average molecular weight is 461 g/mol. The molecule has 24 heavy (non-hydrogen) atoms. The molecule has 6 nitrogen and oxygen atoms in total. The summed E-state index contributed by atoms with van der Waals surface area (Å²) in [6.45, 7) is 0.360. The summed E-state index contributed by atoms with van der Waals surface area (Å²) in [6.07, 6.45) is 1.18. The molecule has 0 amide bonds.